The monoisotopic (exact) mass is 318 g/mol. The molecule has 0 radical (unpaired) electrons. The Hall–Kier alpha value is -2.33. The van der Waals surface area contributed by atoms with Gasteiger partial charge in [0.1, 0.15) is 28.4 Å². The summed E-state index contributed by atoms with van der Waals surface area (Å²) in [5, 5.41) is 14.6. The van der Waals surface area contributed by atoms with E-state index in [0.717, 1.165) is 23.2 Å². The van der Waals surface area contributed by atoms with E-state index in [1.165, 1.54) is 15.9 Å². The van der Waals surface area contributed by atoms with Gasteiger partial charge in [-0.15, -0.1) is 0 Å². The third kappa shape index (κ3) is 2.25. The molecule has 2 heterocycles. The van der Waals surface area contributed by atoms with E-state index >= 15 is 0 Å². The number of nitrogens with zero attached hydrogens (tertiary/aromatic N) is 4. The van der Waals surface area contributed by atoms with Gasteiger partial charge in [-0.2, -0.15) is 14.9 Å². The van der Waals surface area contributed by atoms with Crippen LogP contribution in [0.3, 0.4) is 0 Å². The number of hydrogen-bond donors (Lipinski definition) is 0. The number of rotatable bonds is 1. The van der Waals surface area contributed by atoms with Crippen molar-refractivity contribution < 1.29 is 8.78 Å². The number of imidazole rings is 1. The fraction of sp³-hybridized carbons (Fsp3) is 0.267. The maximum Gasteiger partial charge on any atom is 0.214 e. The molecule has 0 unspecified atom stereocenters. The summed E-state index contributed by atoms with van der Waals surface area (Å²) in [6, 6.07) is 5.07. The number of halogens is 2. The van der Waals surface area contributed by atoms with Crippen LogP contribution in [0, 0.1) is 23.0 Å². The Kier molecular flexibility index (Phi) is 3.22. The van der Waals surface area contributed by atoms with Crippen LogP contribution in [-0.4, -0.2) is 14.6 Å². The number of nitriles is 1. The van der Waals surface area contributed by atoms with Gasteiger partial charge in [-0.3, -0.25) is 0 Å². The summed E-state index contributed by atoms with van der Waals surface area (Å²) in [6.07, 6.45) is 0. The zero-order valence-corrected chi connectivity index (χ0v) is 13.0. The summed E-state index contributed by atoms with van der Waals surface area (Å²) >= 11 is 1.33. The van der Waals surface area contributed by atoms with E-state index < -0.39 is 11.6 Å². The molecule has 0 saturated carbocycles. The molecule has 0 spiro atoms. The second kappa shape index (κ2) is 4.85. The van der Waals surface area contributed by atoms with Crippen molar-refractivity contribution in [3.05, 3.63) is 40.5 Å². The third-order valence-corrected chi connectivity index (χ3v) is 4.47. The molecule has 1 aromatic carbocycles. The number of hydrogen-bond acceptors (Lipinski definition) is 4. The van der Waals surface area contributed by atoms with Crippen LogP contribution in [0.15, 0.2) is 18.2 Å². The summed E-state index contributed by atoms with van der Waals surface area (Å²) in [6.45, 7) is 6.01. The average molecular weight is 318 g/mol. The van der Waals surface area contributed by atoms with Gasteiger partial charge in [0.25, 0.3) is 0 Å². The lowest BCUT2D eigenvalue weighted by molar-refractivity contribution is 0.573. The van der Waals surface area contributed by atoms with Crippen LogP contribution >= 0.6 is 11.3 Å². The smallest absolute Gasteiger partial charge is 0.214 e. The molecule has 7 heteroatoms. The molecule has 0 bridgehead atoms. The third-order valence-electron chi connectivity index (χ3n) is 3.13. The van der Waals surface area contributed by atoms with Crippen molar-refractivity contribution in [1.29, 1.82) is 5.26 Å². The fourth-order valence-corrected chi connectivity index (χ4v) is 2.98. The van der Waals surface area contributed by atoms with Crippen LogP contribution in [0.2, 0.25) is 0 Å². The molecule has 3 rings (SSSR count). The summed E-state index contributed by atoms with van der Waals surface area (Å²) in [5.41, 5.74) is -0.000882. The van der Waals surface area contributed by atoms with Gasteiger partial charge in [-0.25, -0.2) is 13.8 Å². The lowest BCUT2D eigenvalue weighted by Gasteiger charge is -2.12. The van der Waals surface area contributed by atoms with Gasteiger partial charge in [0, 0.05) is 11.0 Å². The highest BCUT2D eigenvalue weighted by atomic mass is 32.1. The van der Waals surface area contributed by atoms with E-state index in [-0.39, 0.29) is 22.4 Å². The molecule has 0 saturated heterocycles. The molecule has 0 aliphatic carbocycles. The van der Waals surface area contributed by atoms with Crippen LogP contribution in [0.4, 0.5) is 8.78 Å². The molecule has 0 fully saturated rings. The lowest BCUT2D eigenvalue weighted by Crippen LogP contribution is -2.11. The van der Waals surface area contributed by atoms with E-state index in [9.17, 15) is 14.0 Å². The zero-order valence-electron chi connectivity index (χ0n) is 12.2. The number of fused-ring (bicyclic) bond motifs is 1. The highest BCUT2D eigenvalue weighted by molar-refractivity contribution is 7.16. The Bertz CT molecular complexity index is 912. The number of aromatic nitrogens is 3. The van der Waals surface area contributed by atoms with Crippen LogP contribution in [0.5, 0.6) is 0 Å². The van der Waals surface area contributed by atoms with E-state index in [4.69, 9.17) is 0 Å². The van der Waals surface area contributed by atoms with E-state index in [1.54, 1.807) is 0 Å². The second-order valence-corrected chi connectivity index (χ2v) is 6.85. The first kappa shape index (κ1) is 14.6. The van der Waals surface area contributed by atoms with Gasteiger partial charge in [0.15, 0.2) is 5.69 Å². The minimum atomic E-state index is -0.625. The van der Waals surface area contributed by atoms with Crippen LogP contribution in [0.25, 0.3) is 16.2 Å². The Morgan fingerprint density at radius 2 is 2.00 bits per heavy atom. The Morgan fingerprint density at radius 1 is 1.27 bits per heavy atom. The van der Waals surface area contributed by atoms with E-state index in [1.807, 2.05) is 26.8 Å². The minimum Gasteiger partial charge on any atom is -0.216 e. The van der Waals surface area contributed by atoms with Gasteiger partial charge in [-0.1, -0.05) is 32.1 Å². The lowest BCUT2D eigenvalue weighted by atomic mass is 9.98. The molecule has 0 aliphatic rings. The van der Waals surface area contributed by atoms with Gasteiger partial charge >= 0.3 is 0 Å². The SMILES string of the molecule is CC(C)(C)c1nn2c(C#N)c(-c3cc(F)ccc3F)nc2s1. The van der Waals surface area contributed by atoms with Crippen molar-refractivity contribution in [2.45, 2.75) is 26.2 Å². The van der Waals surface area contributed by atoms with Crippen molar-refractivity contribution in [2.75, 3.05) is 0 Å². The van der Waals surface area contributed by atoms with Gasteiger partial charge in [0.2, 0.25) is 4.96 Å². The van der Waals surface area contributed by atoms with Gasteiger partial charge < -0.3 is 0 Å². The number of benzene rings is 1. The topological polar surface area (TPSA) is 54.0 Å². The summed E-state index contributed by atoms with van der Waals surface area (Å²) in [4.78, 5) is 4.77. The van der Waals surface area contributed by atoms with Gasteiger partial charge in [-0.05, 0) is 18.2 Å². The molecule has 4 nitrogen and oxygen atoms in total. The fourth-order valence-electron chi connectivity index (χ4n) is 2.02. The molecule has 0 atom stereocenters. The van der Waals surface area contributed by atoms with Crippen molar-refractivity contribution >= 4 is 16.3 Å². The van der Waals surface area contributed by atoms with Crippen LogP contribution < -0.4 is 0 Å². The predicted molar refractivity (Wildman–Crippen MR) is 79.6 cm³/mol. The molecular weight excluding hydrogens is 306 g/mol. The van der Waals surface area contributed by atoms with E-state index in [2.05, 4.69) is 10.1 Å². The summed E-state index contributed by atoms with van der Waals surface area (Å²) in [7, 11) is 0. The summed E-state index contributed by atoms with van der Waals surface area (Å²) in [5.74, 6) is -1.21. The van der Waals surface area contributed by atoms with Crippen molar-refractivity contribution in [3.8, 4) is 17.3 Å². The maximum atomic E-state index is 13.9. The van der Waals surface area contributed by atoms with Crippen molar-refractivity contribution in [1.82, 2.24) is 14.6 Å². The molecular formula is C15H12F2N4S. The van der Waals surface area contributed by atoms with E-state index in [0.29, 0.717) is 4.96 Å². The van der Waals surface area contributed by atoms with Crippen molar-refractivity contribution in [3.63, 3.8) is 0 Å². The first-order valence-electron chi connectivity index (χ1n) is 6.57. The van der Waals surface area contributed by atoms with Crippen LogP contribution in [0.1, 0.15) is 31.5 Å². The Morgan fingerprint density at radius 3 is 2.64 bits per heavy atom. The molecule has 0 N–H and O–H groups in total. The molecule has 3 aromatic rings. The largest absolute Gasteiger partial charge is 0.216 e. The Balaban J connectivity index is 2.26. The highest BCUT2D eigenvalue weighted by Crippen LogP contribution is 2.32. The second-order valence-electron chi connectivity index (χ2n) is 5.90. The van der Waals surface area contributed by atoms with Crippen molar-refractivity contribution in [2.24, 2.45) is 0 Å². The molecule has 112 valence electrons. The minimum absolute atomic E-state index is 0.0356. The quantitative estimate of drug-likeness (QED) is 0.683. The van der Waals surface area contributed by atoms with Gasteiger partial charge in [0.05, 0.1) is 0 Å². The first-order chi connectivity index (χ1) is 10.3. The molecule has 2 aromatic heterocycles. The highest BCUT2D eigenvalue weighted by Gasteiger charge is 2.24. The Labute approximate surface area is 129 Å². The normalized spacial score (nSPS) is 11.8. The standard InChI is InChI=1S/C15H12F2N4S/c1-15(2,3)13-20-21-11(7-18)12(19-14(21)22-13)9-6-8(16)4-5-10(9)17/h4-6H,1-3H3. The zero-order chi connectivity index (χ0) is 16.1. The molecule has 0 aliphatic heterocycles. The predicted octanol–water partition coefficient (Wildman–Crippen LogP) is 3.91. The molecule has 22 heavy (non-hydrogen) atoms. The summed E-state index contributed by atoms with van der Waals surface area (Å²) < 4.78 is 28.7. The maximum absolute atomic E-state index is 13.9. The van der Waals surface area contributed by atoms with Crippen LogP contribution in [-0.2, 0) is 5.41 Å². The molecule has 0 amide bonds. The first-order valence-corrected chi connectivity index (χ1v) is 7.38. The average Bonchev–Trinajstić information content (AvgIpc) is 2.98.